The van der Waals surface area contributed by atoms with Crippen molar-refractivity contribution in [1.29, 1.82) is 0 Å². The molecule has 10 nitrogen and oxygen atoms in total. The van der Waals surface area contributed by atoms with Gasteiger partial charge < -0.3 is 19.6 Å². The number of hydrogen-bond donors (Lipinski definition) is 4. The minimum Gasteiger partial charge on any atom is -0.326 e. The van der Waals surface area contributed by atoms with Gasteiger partial charge in [0, 0.05) is 0 Å². The van der Waals surface area contributed by atoms with Gasteiger partial charge in [0.25, 0.3) is 11.8 Å². The Morgan fingerprint density at radius 3 is 1.25 bits per heavy atom. The summed E-state index contributed by atoms with van der Waals surface area (Å²) in [6.07, 6.45) is 0.468. The Labute approximate surface area is 212 Å². The Morgan fingerprint density at radius 2 is 0.944 bits per heavy atom. The normalized spacial score (nSPS) is 33.6. The lowest BCUT2D eigenvalue weighted by Gasteiger charge is -2.31. The molecule has 4 aliphatic rings. The van der Waals surface area contributed by atoms with Gasteiger partial charge in [0.05, 0.1) is 37.3 Å². The number of likely N-dealkylation sites (N-methyl/N-ethyl adjacent to an activating group) is 2. The predicted molar refractivity (Wildman–Crippen MR) is 132 cm³/mol. The lowest BCUT2D eigenvalue weighted by molar-refractivity contribution is -1.02. The van der Waals surface area contributed by atoms with Crippen LogP contribution in [0.5, 0.6) is 0 Å². The lowest BCUT2D eigenvalue weighted by atomic mass is 10.1. The fourth-order valence-electron chi connectivity index (χ4n) is 6.45. The fourth-order valence-corrected chi connectivity index (χ4v) is 6.45. The summed E-state index contributed by atoms with van der Waals surface area (Å²) in [5.41, 5.74) is 1.02. The predicted octanol–water partition coefficient (Wildman–Crippen LogP) is -5.44. The van der Waals surface area contributed by atoms with Gasteiger partial charge in [-0.05, 0) is 38.1 Å². The van der Waals surface area contributed by atoms with Crippen LogP contribution in [0.25, 0.3) is 0 Å². The number of carbonyl (C=O) groups is 4. The van der Waals surface area contributed by atoms with Gasteiger partial charge in [0.1, 0.15) is 52.4 Å². The number of piperazine rings is 2. The molecule has 4 amide bonds. The van der Waals surface area contributed by atoms with Crippen molar-refractivity contribution in [3.05, 3.63) is 24.3 Å². The van der Waals surface area contributed by atoms with Gasteiger partial charge in [0.2, 0.25) is 11.8 Å². The van der Waals surface area contributed by atoms with Gasteiger partial charge in [-0.15, -0.1) is 0 Å². The molecular formula is C26H40N6O4+4. The number of carbonyl (C=O) groups excluding carboxylic acids is 4. The monoisotopic (exact) mass is 500 g/mol. The van der Waals surface area contributed by atoms with Crippen molar-refractivity contribution < 1.29 is 38.8 Å². The van der Waals surface area contributed by atoms with Crippen LogP contribution in [-0.4, -0.2) is 101 Å². The van der Waals surface area contributed by atoms with Gasteiger partial charge in [-0.3, -0.25) is 19.2 Å². The van der Waals surface area contributed by atoms with Crippen molar-refractivity contribution in [1.82, 2.24) is 0 Å². The first-order chi connectivity index (χ1) is 17.4. The Balaban J connectivity index is 1.25. The standard InChI is InChI=1S/C26H36N6O4/c1-3-27-9-13-29(14-10-27)21-17-23(33)31(25(21)35)19-5-7-20(8-6-19)32-24(34)18-22(26(32)36)30-15-11-28(4-2)12-16-30/h5-8,21-22H,3-4,9-18H2,1-2H3/p+4/t21-,22+. The summed E-state index contributed by atoms with van der Waals surface area (Å²) >= 11 is 0. The molecule has 1 aromatic rings. The third-order valence-electron chi connectivity index (χ3n) is 8.84. The van der Waals surface area contributed by atoms with Crippen molar-refractivity contribution in [3.8, 4) is 0 Å². The number of hydrogen-bond acceptors (Lipinski definition) is 4. The average molecular weight is 501 g/mol. The zero-order chi connectivity index (χ0) is 25.4. The summed E-state index contributed by atoms with van der Waals surface area (Å²) in [4.78, 5) is 60.2. The van der Waals surface area contributed by atoms with Crippen LogP contribution in [0.4, 0.5) is 11.4 Å². The number of amides is 4. The third-order valence-corrected chi connectivity index (χ3v) is 8.84. The van der Waals surface area contributed by atoms with E-state index < -0.39 is 0 Å². The van der Waals surface area contributed by atoms with E-state index in [1.807, 2.05) is 0 Å². The molecule has 0 unspecified atom stereocenters. The molecule has 194 valence electrons. The number of imide groups is 2. The number of anilines is 2. The van der Waals surface area contributed by atoms with Crippen LogP contribution >= 0.6 is 0 Å². The maximum atomic E-state index is 13.2. The SMILES string of the molecule is CC[NH+]1CC[NH+]([C@@H]2CC(=O)N(c3ccc(N4C(=O)C[C@H]([NH+]5CC[NH+](CC)CC5)C4=O)cc3)C2=O)CC1. The van der Waals surface area contributed by atoms with E-state index in [4.69, 9.17) is 0 Å². The van der Waals surface area contributed by atoms with E-state index in [0.717, 1.165) is 65.4 Å². The maximum absolute atomic E-state index is 13.2. The average Bonchev–Trinajstić information content (AvgIpc) is 3.38. The highest BCUT2D eigenvalue weighted by molar-refractivity contribution is 6.23. The van der Waals surface area contributed by atoms with E-state index in [0.29, 0.717) is 11.4 Å². The molecule has 4 saturated heterocycles. The van der Waals surface area contributed by atoms with E-state index in [9.17, 15) is 19.2 Å². The second-order valence-electron chi connectivity index (χ2n) is 10.7. The van der Waals surface area contributed by atoms with E-state index in [1.54, 1.807) is 34.1 Å². The molecule has 0 saturated carbocycles. The molecule has 5 rings (SSSR count). The summed E-state index contributed by atoms with van der Waals surface area (Å²) < 4.78 is 0. The largest absolute Gasteiger partial charge is 0.326 e. The smallest absolute Gasteiger partial charge is 0.292 e. The fraction of sp³-hybridized carbons (Fsp3) is 0.615. The van der Waals surface area contributed by atoms with Gasteiger partial charge in [0.15, 0.2) is 12.1 Å². The summed E-state index contributed by atoms with van der Waals surface area (Å²) in [6, 6.07) is 6.10. The molecule has 0 radical (unpaired) electrons. The molecule has 10 heteroatoms. The van der Waals surface area contributed by atoms with Gasteiger partial charge in [-0.1, -0.05) is 0 Å². The summed E-state index contributed by atoms with van der Waals surface area (Å²) in [6.45, 7) is 14.2. The van der Waals surface area contributed by atoms with Crippen LogP contribution in [0.1, 0.15) is 26.7 Å². The molecular weight excluding hydrogens is 460 g/mol. The highest BCUT2D eigenvalue weighted by Gasteiger charge is 2.48. The number of quaternary nitrogens is 4. The van der Waals surface area contributed by atoms with Crippen molar-refractivity contribution in [2.45, 2.75) is 38.8 Å². The van der Waals surface area contributed by atoms with E-state index in [1.165, 1.54) is 19.6 Å². The number of nitrogens with one attached hydrogen (secondary N) is 4. The lowest BCUT2D eigenvalue weighted by Crippen LogP contribution is -3.29. The molecule has 2 atom stereocenters. The molecule has 4 N–H and O–H groups in total. The van der Waals surface area contributed by atoms with E-state index in [-0.39, 0.29) is 48.6 Å². The van der Waals surface area contributed by atoms with Crippen LogP contribution in [0.15, 0.2) is 24.3 Å². The third kappa shape index (κ3) is 4.58. The Hall–Kier alpha value is -2.66. The second-order valence-corrected chi connectivity index (χ2v) is 10.7. The first kappa shape index (κ1) is 25.0. The van der Waals surface area contributed by atoms with E-state index in [2.05, 4.69) is 13.8 Å². The van der Waals surface area contributed by atoms with Crippen molar-refractivity contribution in [2.75, 3.05) is 75.2 Å². The summed E-state index contributed by atoms with van der Waals surface area (Å²) in [7, 11) is 0. The number of rotatable bonds is 6. The quantitative estimate of drug-likeness (QED) is 0.294. The molecule has 0 spiro atoms. The second kappa shape index (κ2) is 10.4. The molecule has 0 aliphatic carbocycles. The highest BCUT2D eigenvalue weighted by atomic mass is 16.2. The first-order valence-electron chi connectivity index (χ1n) is 13.6. The Bertz CT molecular complexity index is 933. The molecule has 4 fully saturated rings. The molecule has 36 heavy (non-hydrogen) atoms. The van der Waals surface area contributed by atoms with Crippen LogP contribution in [0.2, 0.25) is 0 Å². The Kier molecular flexibility index (Phi) is 7.21. The van der Waals surface area contributed by atoms with E-state index >= 15 is 0 Å². The van der Waals surface area contributed by atoms with Crippen molar-refractivity contribution >= 4 is 35.0 Å². The van der Waals surface area contributed by atoms with Gasteiger partial charge in [-0.2, -0.15) is 0 Å². The van der Waals surface area contributed by atoms with Crippen molar-refractivity contribution in [2.24, 2.45) is 0 Å². The zero-order valence-electron chi connectivity index (χ0n) is 21.5. The molecule has 4 heterocycles. The number of nitrogens with zero attached hydrogens (tertiary/aromatic N) is 2. The maximum Gasteiger partial charge on any atom is 0.292 e. The number of benzene rings is 1. The topological polar surface area (TPSA) is 92.5 Å². The summed E-state index contributed by atoms with van der Waals surface area (Å²) in [5.74, 6) is -0.650. The van der Waals surface area contributed by atoms with Crippen LogP contribution in [0.3, 0.4) is 0 Å². The minimum absolute atomic E-state index is 0.145. The summed E-state index contributed by atoms with van der Waals surface area (Å²) in [5, 5.41) is 0. The van der Waals surface area contributed by atoms with Crippen molar-refractivity contribution in [3.63, 3.8) is 0 Å². The molecule has 1 aromatic carbocycles. The minimum atomic E-state index is -0.323. The Morgan fingerprint density at radius 1 is 0.611 bits per heavy atom. The molecule has 4 aliphatic heterocycles. The van der Waals surface area contributed by atoms with Crippen LogP contribution in [-0.2, 0) is 19.2 Å². The molecule has 0 aromatic heterocycles. The molecule has 0 bridgehead atoms. The van der Waals surface area contributed by atoms with Gasteiger partial charge >= 0.3 is 0 Å². The zero-order valence-corrected chi connectivity index (χ0v) is 21.5. The van der Waals surface area contributed by atoms with Crippen LogP contribution in [0, 0.1) is 0 Å². The van der Waals surface area contributed by atoms with Gasteiger partial charge in [-0.25, -0.2) is 9.80 Å². The van der Waals surface area contributed by atoms with Crippen LogP contribution < -0.4 is 29.4 Å². The first-order valence-corrected chi connectivity index (χ1v) is 13.6. The highest BCUT2D eigenvalue weighted by Crippen LogP contribution is 2.27.